The van der Waals surface area contributed by atoms with Crippen LogP contribution < -0.4 is 4.90 Å². The molecule has 1 aliphatic heterocycles. The first kappa shape index (κ1) is 16.3. The van der Waals surface area contributed by atoms with E-state index in [9.17, 15) is 15.6 Å². The molecule has 2 aliphatic carbocycles. The van der Waals surface area contributed by atoms with Gasteiger partial charge in [-0.25, -0.2) is 0 Å². The molecule has 3 aliphatic rings. The van der Waals surface area contributed by atoms with Crippen LogP contribution in [-0.2, 0) is 0 Å². The number of nitrogens with zero attached hydrogens (tertiary/aromatic N) is 3. The number of piperidine rings is 1. The Labute approximate surface area is 149 Å². The third kappa shape index (κ3) is 2.17. The van der Waals surface area contributed by atoms with E-state index >= 15 is 0 Å². The largest absolute Gasteiger partial charge is 0.506 e. The molecule has 4 heteroatoms. The average Bonchev–Trinajstić information content (AvgIpc) is 2.66. The zero-order valence-corrected chi connectivity index (χ0v) is 14.6. The molecule has 130 valence electrons. The van der Waals surface area contributed by atoms with Gasteiger partial charge in [0.1, 0.15) is 16.8 Å². The van der Waals surface area contributed by atoms with Crippen LogP contribution in [0.2, 0.25) is 0 Å². The Kier molecular flexibility index (Phi) is 3.88. The molecule has 4 rings (SSSR count). The number of phenolic OH excluding ortho intramolecular Hbond substituents is 1. The van der Waals surface area contributed by atoms with Gasteiger partial charge in [0.2, 0.25) is 0 Å². The van der Waals surface area contributed by atoms with Crippen molar-refractivity contribution in [3.8, 4) is 17.9 Å². The molecule has 0 aromatic heterocycles. The van der Waals surface area contributed by atoms with Gasteiger partial charge in [-0.2, -0.15) is 10.5 Å². The molecule has 0 unspecified atom stereocenters. The van der Waals surface area contributed by atoms with E-state index in [0.717, 1.165) is 57.8 Å². The van der Waals surface area contributed by atoms with Crippen LogP contribution >= 0.6 is 0 Å². The maximum Gasteiger partial charge on any atom is 0.138 e. The molecule has 4 nitrogen and oxygen atoms in total. The molecule has 4 atom stereocenters. The Morgan fingerprint density at radius 3 is 2.00 bits per heavy atom. The summed E-state index contributed by atoms with van der Waals surface area (Å²) in [6.45, 7) is 0. The second-order valence-corrected chi connectivity index (χ2v) is 8.02. The summed E-state index contributed by atoms with van der Waals surface area (Å²) in [5, 5.41) is 31.2. The minimum atomic E-state index is -0.666. The first-order chi connectivity index (χ1) is 12.2. The highest BCUT2D eigenvalue weighted by molar-refractivity contribution is 5.66. The zero-order valence-electron chi connectivity index (χ0n) is 14.6. The Morgan fingerprint density at radius 1 is 0.920 bits per heavy atom. The molecule has 2 saturated carbocycles. The summed E-state index contributed by atoms with van der Waals surface area (Å²) in [5.74, 6) is 0.758. The fraction of sp³-hybridized carbons (Fsp3) is 0.619. The van der Waals surface area contributed by atoms with Gasteiger partial charge >= 0.3 is 0 Å². The van der Waals surface area contributed by atoms with E-state index in [0.29, 0.717) is 5.69 Å². The molecule has 1 N–H and O–H groups in total. The quantitative estimate of drug-likeness (QED) is 0.820. The van der Waals surface area contributed by atoms with Crippen molar-refractivity contribution in [2.24, 2.45) is 11.8 Å². The number of anilines is 1. The van der Waals surface area contributed by atoms with E-state index in [4.69, 9.17) is 0 Å². The molecule has 25 heavy (non-hydrogen) atoms. The number of fused-ring (bicyclic) bond motifs is 2. The summed E-state index contributed by atoms with van der Waals surface area (Å²) in [4.78, 5) is 2.09. The van der Waals surface area contributed by atoms with Gasteiger partial charge in [-0.15, -0.1) is 0 Å². The van der Waals surface area contributed by atoms with Crippen LogP contribution in [0, 0.1) is 34.5 Å². The van der Waals surface area contributed by atoms with Crippen LogP contribution in [0.15, 0.2) is 24.3 Å². The maximum absolute atomic E-state index is 10.6. The topological polar surface area (TPSA) is 71.0 Å². The van der Waals surface area contributed by atoms with E-state index in [1.807, 2.05) is 12.1 Å². The van der Waals surface area contributed by atoms with E-state index in [-0.39, 0.29) is 17.6 Å². The summed E-state index contributed by atoms with van der Waals surface area (Å²) in [6, 6.07) is 12.6. The molecule has 3 fully saturated rings. The van der Waals surface area contributed by atoms with E-state index in [2.05, 4.69) is 17.0 Å². The van der Waals surface area contributed by atoms with E-state index in [1.54, 1.807) is 12.1 Å². The van der Waals surface area contributed by atoms with Crippen LogP contribution in [0.3, 0.4) is 0 Å². The Bertz CT molecular complexity index is 708. The van der Waals surface area contributed by atoms with Gasteiger partial charge < -0.3 is 10.0 Å². The smallest absolute Gasteiger partial charge is 0.138 e. The van der Waals surface area contributed by atoms with Gasteiger partial charge in [-0.05, 0) is 56.1 Å². The lowest BCUT2D eigenvalue weighted by Crippen LogP contribution is -2.71. The van der Waals surface area contributed by atoms with Crippen LogP contribution in [0.4, 0.5) is 5.69 Å². The number of phenols is 1. The standard InChI is InChI=1S/C21H25N3O/c22-14-20-11-5-3-7-16(20)13-17-8-4-6-12-21(17,15-23)24(20)18-9-1-2-10-19(18)25/h1-2,9-10,16-17,25H,3-8,11-13H2/t16-,17+,20+,21-. The summed E-state index contributed by atoms with van der Waals surface area (Å²) >= 11 is 0. The predicted molar refractivity (Wildman–Crippen MR) is 95.8 cm³/mol. The number of hydrogen-bond donors (Lipinski definition) is 1. The van der Waals surface area contributed by atoms with Gasteiger partial charge in [0, 0.05) is 0 Å². The Balaban J connectivity index is 1.95. The van der Waals surface area contributed by atoms with Crippen molar-refractivity contribution in [2.45, 2.75) is 68.9 Å². The van der Waals surface area contributed by atoms with Crippen LogP contribution in [0.25, 0.3) is 0 Å². The third-order valence-electron chi connectivity index (χ3n) is 6.95. The van der Waals surface area contributed by atoms with Crippen molar-refractivity contribution < 1.29 is 5.11 Å². The lowest BCUT2D eigenvalue weighted by atomic mass is 9.56. The molecule has 0 bridgehead atoms. The summed E-state index contributed by atoms with van der Waals surface area (Å²) in [5.41, 5.74) is -0.662. The molecular formula is C21H25N3O. The minimum Gasteiger partial charge on any atom is -0.506 e. The van der Waals surface area contributed by atoms with Gasteiger partial charge in [0.25, 0.3) is 0 Å². The van der Waals surface area contributed by atoms with E-state index in [1.165, 1.54) is 0 Å². The van der Waals surface area contributed by atoms with Crippen molar-refractivity contribution in [3.05, 3.63) is 24.3 Å². The van der Waals surface area contributed by atoms with Crippen LogP contribution in [-0.4, -0.2) is 16.2 Å². The first-order valence-corrected chi connectivity index (χ1v) is 9.59. The molecule has 0 amide bonds. The maximum atomic E-state index is 10.6. The van der Waals surface area contributed by atoms with Crippen molar-refractivity contribution >= 4 is 5.69 Å². The minimum absolute atomic E-state index is 0.183. The lowest BCUT2D eigenvalue weighted by Gasteiger charge is -2.62. The number of para-hydroxylation sites is 2. The fourth-order valence-corrected chi connectivity index (χ4v) is 5.85. The number of benzene rings is 1. The molecule has 1 heterocycles. The zero-order chi connectivity index (χ0) is 17.5. The van der Waals surface area contributed by atoms with Gasteiger partial charge in [0.05, 0.1) is 17.8 Å². The highest BCUT2D eigenvalue weighted by Crippen LogP contribution is 2.58. The SMILES string of the molecule is N#C[C@]12CCCC[C@H]1C[C@H]1CCCC[C@@]1(C#N)N2c1ccccc1O. The molecule has 1 aromatic carbocycles. The van der Waals surface area contributed by atoms with Crippen molar-refractivity contribution in [3.63, 3.8) is 0 Å². The average molecular weight is 335 g/mol. The van der Waals surface area contributed by atoms with E-state index < -0.39 is 11.1 Å². The molecular weight excluding hydrogens is 310 g/mol. The Morgan fingerprint density at radius 2 is 1.48 bits per heavy atom. The molecule has 0 radical (unpaired) electrons. The van der Waals surface area contributed by atoms with Crippen molar-refractivity contribution in [1.29, 1.82) is 10.5 Å². The van der Waals surface area contributed by atoms with Crippen LogP contribution in [0.5, 0.6) is 5.75 Å². The second kappa shape index (κ2) is 5.95. The highest BCUT2D eigenvalue weighted by atomic mass is 16.3. The van der Waals surface area contributed by atoms with Gasteiger partial charge in [-0.1, -0.05) is 37.8 Å². The molecule has 1 aromatic rings. The molecule has 0 spiro atoms. The number of nitriles is 2. The summed E-state index contributed by atoms with van der Waals surface area (Å²) in [7, 11) is 0. The third-order valence-corrected chi connectivity index (χ3v) is 6.95. The lowest BCUT2D eigenvalue weighted by molar-refractivity contribution is 0.0610. The van der Waals surface area contributed by atoms with Crippen LogP contribution in [0.1, 0.15) is 57.8 Å². The van der Waals surface area contributed by atoms with Gasteiger partial charge in [-0.3, -0.25) is 0 Å². The van der Waals surface area contributed by atoms with Gasteiger partial charge in [0.15, 0.2) is 0 Å². The first-order valence-electron chi connectivity index (χ1n) is 9.59. The highest BCUT2D eigenvalue weighted by Gasteiger charge is 2.62. The second-order valence-electron chi connectivity index (χ2n) is 8.02. The molecule has 1 saturated heterocycles. The Hall–Kier alpha value is -2.20. The van der Waals surface area contributed by atoms with Crippen molar-refractivity contribution in [1.82, 2.24) is 0 Å². The summed E-state index contributed by atoms with van der Waals surface area (Å²) in [6.07, 6.45) is 9.01. The number of hydrogen-bond acceptors (Lipinski definition) is 4. The monoisotopic (exact) mass is 335 g/mol. The summed E-state index contributed by atoms with van der Waals surface area (Å²) < 4.78 is 0. The van der Waals surface area contributed by atoms with Crippen molar-refractivity contribution in [2.75, 3.05) is 4.90 Å². The predicted octanol–water partition coefficient (Wildman–Crippen LogP) is 4.51. The number of rotatable bonds is 1. The number of aromatic hydroxyl groups is 1. The fourth-order valence-electron chi connectivity index (χ4n) is 5.85. The normalized spacial score (nSPS) is 37.3.